The van der Waals surface area contributed by atoms with Gasteiger partial charge in [0.15, 0.2) is 0 Å². The van der Waals surface area contributed by atoms with Gasteiger partial charge in [-0.3, -0.25) is 9.59 Å². The Balaban J connectivity index is 4.98. The van der Waals surface area contributed by atoms with Crippen molar-refractivity contribution >= 4 is 42.2 Å². The van der Waals surface area contributed by atoms with Gasteiger partial charge in [-0.05, 0) is 24.3 Å². The van der Waals surface area contributed by atoms with Crippen LogP contribution < -0.4 is 16.4 Å². The van der Waals surface area contributed by atoms with E-state index >= 15 is 0 Å². The molecule has 0 aromatic rings. The van der Waals surface area contributed by atoms with Crippen LogP contribution >= 0.6 is 24.4 Å². The molecule has 134 valence electrons. The third kappa shape index (κ3) is 7.94. The first kappa shape index (κ1) is 22.1. The molecule has 0 heterocycles. The van der Waals surface area contributed by atoms with Crippen LogP contribution in [0.2, 0.25) is 0 Å². The van der Waals surface area contributed by atoms with E-state index in [-0.39, 0.29) is 11.7 Å². The van der Waals surface area contributed by atoms with Gasteiger partial charge >= 0.3 is 5.97 Å². The number of hydrogen-bond acceptors (Lipinski definition) is 6. The molecule has 5 N–H and O–H groups in total. The Morgan fingerprint density at radius 2 is 1.87 bits per heavy atom. The Hall–Kier alpha value is -0.930. The van der Waals surface area contributed by atoms with Crippen LogP contribution in [-0.4, -0.2) is 58.8 Å². The second kappa shape index (κ2) is 11.6. The van der Waals surface area contributed by atoms with Gasteiger partial charge in [-0.2, -0.15) is 24.4 Å². The van der Waals surface area contributed by atoms with Crippen LogP contribution in [0.4, 0.5) is 0 Å². The van der Waals surface area contributed by atoms with Gasteiger partial charge in [0.25, 0.3) is 0 Å². The standard InChI is InChI=1S/C14H27N3O4S2/c1-4-8(2)11(17-12(18)9(15)7-22)13(19)16-10(14(20)21)5-6-23-3/h8-11,22H,4-7,15H2,1-3H3,(H,16,19)(H,17,18)(H,20,21). The average molecular weight is 366 g/mol. The summed E-state index contributed by atoms with van der Waals surface area (Å²) in [6.45, 7) is 3.70. The molecule has 0 saturated carbocycles. The summed E-state index contributed by atoms with van der Waals surface area (Å²) in [5, 5.41) is 14.3. The molecule has 0 saturated heterocycles. The highest BCUT2D eigenvalue weighted by Gasteiger charge is 2.30. The summed E-state index contributed by atoms with van der Waals surface area (Å²) < 4.78 is 0. The Kier molecular flexibility index (Phi) is 11.1. The van der Waals surface area contributed by atoms with Crippen LogP contribution in [0.15, 0.2) is 0 Å². The number of thiol groups is 1. The maximum atomic E-state index is 12.4. The zero-order valence-electron chi connectivity index (χ0n) is 13.7. The lowest BCUT2D eigenvalue weighted by molar-refractivity contribution is -0.142. The van der Waals surface area contributed by atoms with E-state index < -0.39 is 35.9 Å². The zero-order chi connectivity index (χ0) is 18.0. The van der Waals surface area contributed by atoms with Gasteiger partial charge in [0.05, 0.1) is 6.04 Å². The molecule has 4 unspecified atom stereocenters. The number of amides is 2. The summed E-state index contributed by atoms with van der Waals surface area (Å²) in [4.78, 5) is 35.6. The van der Waals surface area contributed by atoms with Crippen molar-refractivity contribution < 1.29 is 19.5 Å². The smallest absolute Gasteiger partial charge is 0.326 e. The highest BCUT2D eigenvalue weighted by Crippen LogP contribution is 2.10. The molecule has 7 nitrogen and oxygen atoms in total. The van der Waals surface area contributed by atoms with Gasteiger partial charge in [0.1, 0.15) is 12.1 Å². The maximum Gasteiger partial charge on any atom is 0.326 e. The van der Waals surface area contributed by atoms with Crippen molar-refractivity contribution in [2.45, 2.75) is 44.8 Å². The predicted molar refractivity (Wildman–Crippen MR) is 95.8 cm³/mol. The van der Waals surface area contributed by atoms with Crippen LogP contribution in [0.3, 0.4) is 0 Å². The molecule has 0 aliphatic carbocycles. The summed E-state index contributed by atoms with van der Waals surface area (Å²) >= 11 is 5.46. The molecule has 9 heteroatoms. The number of carbonyl (C=O) groups excluding carboxylic acids is 2. The van der Waals surface area contributed by atoms with Gasteiger partial charge in [-0.25, -0.2) is 4.79 Å². The Morgan fingerprint density at radius 1 is 1.26 bits per heavy atom. The third-order valence-corrected chi connectivity index (χ3v) is 4.59. The van der Waals surface area contributed by atoms with Gasteiger partial charge in [-0.15, -0.1) is 0 Å². The normalized spacial score (nSPS) is 16.0. The lowest BCUT2D eigenvalue weighted by Gasteiger charge is -2.26. The molecule has 0 spiro atoms. The monoisotopic (exact) mass is 365 g/mol. The number of rotatable bonds is 11. The number of nitrogens with one attached hydrogen (secondary N) is 2. The van der Waals surface area contributed by atoms with E-state index in [4.69, 9.17) is 5.73 Å². The van der Waals surface area contributed by atoms with Gasteiger partial charge in [0.2, 0.25) is 11.8 Å². The first-order valence-corrected chi connectivity index (χ1v) is 9.49. The molecule has 0 rings (SSSR count). The molecule has 0 aromatic carbocycles. The van der Waals surface area contributed by atoms with Crippen LogP contribution in [0, 0.1) is 5.92 Å². The topological polar surface area (TPSA) is 122 Å². The highest BCUT2D eigenvalue weighted by molar-refractivity contribution is 7.98. The van der Waals surface area contributed by atoms with Crippen LogP contribution in [0.5, 0.6) is 0 Å². The molecular formula is C14H27N3O4S2. The Bertz CT molecular complexity index is 409. The minimum Gasteiger partial charge on any atom is -0.480 e. The number of carbonyl (C=O) groups is 3. The average Bonchev–Trinajstić information content (AvgIpc) is 2.53. The number of carboxylic acids is 1. The molecule has 0 aromatic heterocycles. The molecule has 4 atom stereocenters. The molecule has 2 amide bonds. The van der Waals surface area contributed by atoms with Gasteiger partial charge in [-0.1, -0.05) is 20.3 Å². The summed E-state index contributed by atoms with van der Waals surface area (Å²) in [6.07, 6.45) is 2.83. The number of nitrogens with two attached hydrogens (primary N) is 1. The van der Waals surface area contributed by atoms with Crippen molar-refractivity contribution in [3.63, 3.8) is 0 Å². The minimum absolute atomic E-state index is 0.152. The van der Waals surface area contributed by atoms with Crippen molar-refractivity contribution in [3.05, 3.63) is 0 Å². The Morgan fingerprint density at radius 3 is 2.30 bits per heavy atom. The van der Waals surface area contributed by atoms with Crippen molar-refractivity contribution in [2.24, 2.45) is 11.7 Å². The Labute approximate surface area is 146 Å². The van der Waals surface area contributed by atoms with Crippen LogP contribution in [0.25, 0.3) is 0 Å². The number of carboxylic acid groups (broad SMARTS) is 1. The third-order valence-electron chi connectivity index (χ3n) is 3.55. The first-order chi connectivity index (χ1) is 10.8. The summed E-state index contributed by atoms with van der Waals surface area (Å²) in [7, 11) is 0. The number of aliphatic carboxylic acids is 1. The van der Waals surface area contributed by atoms with Crippen LogP contribution in [-0.2, 0) is 14.4 Å². The molecule has 0 aliphatic heterocycles. The summed E-state index contributed by atoms with van der Waals surface area (Å²) in [6, 6.07) is -2.61. The SMILES string of the molecule is CCC(C)C(NC(=O)C(N)CS)C(=O)NC(CCSC)C(=O)O. The largest absolute Gasteiger partial charge is 0.480 e. The molecule has 0 aliphatic rings. The second-order valence-electron chi connectivity index (χ2n) is 5.34. The fraction of sp³-hybridized carbons (Fsp3) is 0.786. The van der Waals surface area contributed by atoms with E-state index in [9.17, 15) is 19.5 Å². The van der Waals surface area contributed by atoms with E-state index in [0.717, 1.165) is 0 Å². The quantitative estimate of drug-likeness (QED) is 0.331. The number of hydrogen-bond donors (Lipinski definition) is 5. The molecule has 0 fully saturated rings. The summed E-state index contributed by atoms with van der Waals surface area (Å²) in [5.41, 5.74) is 5.60. The highest BCUT2D eigenvalue weighted by atomic mass is 32.2. The molecule has 0 bridgehead atoms. The molecular weight excluding hydrogens is 338 g/mol. The van der Waals surface area contributed by atoms with Crippen molar-refractivity contribution in [1.29, 1.82) is 0 Å². The fourth-order valence-corrected chi connectivity index (χ4v) is 2.44. The second-order valence-corrected chi connectivity index (χ2v) is 6.69. The van der Waals surface area contributed by atoms with E-state index in [2.05, 4.69) is 23.3 Å². The van der Waals surface area contributed by atoms with Crippen molar-refractivity contribution in [1.82, 2.24) is 10.6 Å². The lowest BCUT2D eigenvalue weighted by Crippen LogP contribution is -2.57. The van der Waals surface area contributed by atoms with Gasteiger partial charge < -0.3 is 21.5 Å². The fourth-order valence-electron chi connectivity index (χ4n) is 1.80. The predicted octanol–water partition coefficient (Wildman–Crippen LogP) is 0.0969. The molecule has 23 heavy (non-hydrogen) atoms. The van der Waals surface area contributed by atoms with E-state index in [1.807, 2.05) is 20.1 Å². The minimum atomic E-state index is -1.09. The molecule has 0 radical (unpaired) electrons. The van der Waals surface area contributed by atoms with Crippen molar-refractivity contribution in [2.75, 3.05) is 17.8 Å². The zero-order valence-corrected chi connectivity index (χ0v) is 15.5. The van der Waals surface area contributed by atoms with E-state index in [1.54, 1.807) is 0 Å². The van der Waals surface area contributed by atoms with E-state index in [1.165, 1.54) is 11.8 Å². The van der Waals surface area contributed by atoms with Gasteiger partial charge in [0, 0.05) is 5.75 Å². The van der Waals surface area contributed by atoms with Crippen molar-refractivity contribution in [3.8, 4) is 0 Å². The van der Waals surface area contributed by atoms with E-state index in [0.29, 0.717) is 18.6 Å². The first-order valence-electron chi connectivity index (χ1n) is 7.47. The number of thioether (sulfide) groups is 1. The lowest BCUT2D eigenvalue weighted by atomic mass is 9.97. The van der Waals surface area contributed by atoms with Crippen LogP contribution in [0.1, 0.15) is 26.7 Å². The summed E-state index contributed by atoms with van der Waals surface area (Å²) in [5.74, 6) is -1.45. The maximum absolute atomic E-state index is 12.4.